The van der Waals surface area contributed by atoms with Crippen LogP contribution in [0.2, 0.25) is 0 Å². The largest absolute Gasteiger partial charge is 0.204 e. The highest BCUT2D eigenvalue weighted by Crippen LogP contribution is 2.52. The molecule has 2 unspecified atom stereocenters. The fraction of sp³-hybridized carbons (Fsp3) is 0.636. The maximum atomic E-state index is 13.9. The number of rotatable bonds is 4. The van der Waals surface area contributed by atoms with Crippen LogP contribution in [0, 0.1) is 29.4 Å². The number of hydrogen-bond donors (Lipinski definition) is 0. The molecule has 1 aromatic rings. The van der Waals surface area contributed by atoms with Crippen molar-refractivity contribution in [2.45, 2.75) is 70.1 Å². The Morgan fingerprint density at radius 3 is 2.46 bits per heavy atom. The topological polar surface area (TPSA) is 0 Å². The molecular weight excluding hydrogens is 302 g/mol. The average Bonchev–Trinajstić information content (AvgIpc) is 2.64. The summed E-state index contributed by atoms with van der Waals surface area (Å²) in [6.07, 6.45) is 12.9. The molecule has 0 nitrogen and oxygen atoms in total. The Morgan fingerprint density at radius 2 is 1.83 bits per heavy atom. The van der Waals surface area contributed by atoms with Crippen LogP contribution >= 0.6 is 0 Å². The molecule has 2 aliphatic rings. The molecule has 0 saturated heterocycles. The SMILES string of the molecule is C=C[C@H]1CC[C@H](C2CCCCC2(CC)c2ccc(F)c(F)c2)CC1. The Hall–Kier alpha value is -1.18. The van der Waals surface area contributed by atoms with Crippen molar-refractivity contribution < 1.29 is 8.78 Å². The average molecular weight is 332 g/mol. The monoisotopic (exact) mass is 332 g/mol. The van der Waals surface area contributed by atoms with Gasteiger partial charge in [-0.2, -0.15) is 0 Å². The van der Waals surface area contributed by atoms with Gasteiger partial charge in [0.05, 0.1) is 0 Å². The summed E-state index contributed by atoms with van der Waals surface area (Å²) < 4.78 is 27.4. The number of hydrogen-bond acceptors (Lipinski definition) is 0. The second-order valence-electron chi connectivity index (χ2n) is 7.90. The van der Waals surface area contributed by atoms with Crippen LogP contribution in [0.15, 0.2) is 30.9 Å². The van der Waals surface area contributed by atoms with Gasteiger partial charge in [-0.25, -0.2) is 8.78 Å². The summed E-state index contributed by atoms with van der Waals surface area (Å²) in [5, 5.41) is 0. The molecule has 2 heteroatoms. The van der Waals surface area contributed by atoms with Gasteiger partial charge < -0.3 is 0 Å². The van der Waals surface area contributed by atoms with Gasteiger partial charge in [0.1, 0.15) is 0 Å². The molecule has 24 heavy (non-hydrogen) atoms. The summed E-state index contributed by atoms with van der Waals surface area (Å²) in [6, 6.07) is 4.64. The van der Waals surface area contributed by atoms with E-state index in [1.54, 1.807) is 0 Å². The quantitative estimate of drug-likeness (QED) is 0.532. The molecule has 1 aromatic carbocycles. The summed E-state index contributed by atoms with van der Waals surface area (Å²) in [5.74, 6) is 0.564. The molecule has 0 spiro atoms. The molecule has 2 saturated carbocycles. The Kier molecular flexibility index (Phi) is 5.42. The number of halogens is 2. The molecule has 0 heterocycles. The Bertz CT molecular complexity index is 571. The van der Waals surface area contributed by atoms with Gasteiger partial charge in [-0.1, -0.05) is 31.9 Å². The zero-order chi connectivity index (χ0) is 17.2. The van der Waals surface area contributed by atoms with E-state index in [0.717, 1.165) is 24.3 Å². The maximum absolute atomic E-state index is 13.9. The summed E-state index contributed by atoms with van der Waals surface area (Å²) in [5.41, 5.74) is 1.05. The highest BCUT2D eigenvalue weighted by atomic mass is 19.2. The molecule has 0 aliphatic heterocycles. The smallest absolute Gasteiger partial charge is 0.159 e. The van der Waals surface area contributed by atoms with E-state index in [0.29, 0.717) is 11.8 Å². The van der Waals surface area contributed by atoms with Crippen LogP contribution < -0.4 is 0 Å². The van der Waals surface area contributed by atoms with E-state index >= 15 is 0 Å². The molecule has 0 amide bonds. The lowest BCUT2D eigenvalue weighted by molar-refractivity contribution is 0.0841. The van der Waals surface area contributed by atoms with Gasteiger partial charge in [-0.05, 0) is 85.8 Å². The van der Waals surface area contributed by atoms with Crippen molar-refractivity contribution in [3.8, 4) is 0 Å². The number of benzene rings is 1. The van der Waals surface area contributed by atoms with Gasteiger partial charge >= 0.3 is 0 Å². The van der Waals surface area contributed by atoms with E-state index in [4.69, 9.17) is 0 Å². The second kappa shape index (κ2) is 7.37. The van der Waals surface area contributed by atoms with Crippen molar-refractivity contribution in [2.75, 3.05) is 0 Å². The van der Waals surface area contributed by atoms with E-state index in [1.165, 1.54) is 57.1 Å². The van der Waals surface area contributed by atoms with E-state index in [1.807, 2.05) is 6.07 Å². The van der Waals surface area contributed by atoms with E-state index in [9.17, 15) is 8.78 Å². The maximum Gasteiger partial charge on any atom is 0.159 e. The lowest BCUT2D eigenvalue weighted by Crippen LogP contribution is -2.42. The third-order valence-corrected chi connectivity index (χ3v) is 6.94. The first-order valence-corrected chi connectivity index (χ1v) is 9.69. The number of allylic oxidation sites excluding steroid dienone is 1. The van der Waals surface area contributed by atoms with Crippen molar-refractivity contribution in [1.29, 1.82) is 0 Å². The third-order valence-electron chi connectivity index (χ3n) is 6.94. The summed E-state index contributed by atoms with van der Waals surface area (Å²) in [6.45, 7) is 6.19. The van der Waals surface area contributed by atoms with Gasteiger partial charge in [-0.15, -0.1) is 6.58 Å². The first-order valence-electron chi connectivity index (χ1n) is 9.69. The van der Waals surface area contributed by atoms with Crippen molar-refractivity contribution in [3.63, 3.8) is 0 Å². The Morgan fingerprint density at radius 1 is 1.08 bits per heavy atom. The highest BCUT2D eigenvalue weighted by molar-refractivity contribution is 5.29. The standard InChI is InChI=1S/C22H30F2/c1-3-16-8-10-17(11-9-16)19-7-5-6-14-22(19,4-2)18-12-13-20(23)21(24)15-18/h3,12-13,15-17,19H,1,4-11,14H2,2H3/t16-,17-,19?,22?. The van der Waals surface area contributed by atoms with Crippen molar-refractivity contribution in [3.05, 3.63) is 48.1 Å². The summed E-state index contributed by atoms with van der Waals surface area (Å²) in [4.78, 5) is 0. The fourth-order valence-electron chi connectivity index (χ4n) is 5.54. The molecule has 132 valence electrons. The van der Waals surface area contributed by atoms with Gasteiger partial charge in [0.15, 0.2) is 11.6 Å². The summed E-state index contributed by atoms with van der Waals surface area (Å²) >= 11 is 0. The highest BCUT2D eigenvalue weighted by Gasteiger charge is 2.45. The lowest BCUT2D eigenvalue weighted by Gasteiger charge is -2.49. The van der Waals surface area contributed by atoms with Crippen molar-refractivity contribution in [1.82, 2.24) is 0 Å². The minimum atomic E-state index is -0.733. The van der Waals surface area contributed by atoms with Gasteiger partial charge in [0, 0.05) is 0 Å². The molecule has 0 bridgehead atoms. The van der Waals surface area contributed by atoms with Crippen LogP contribution in [0.25, 0.3) is 0 Å². The molecule has 2 aliphatic carbocycles. The normalized spacial score (nSPS) is 34.0. The van der Waals surface area contributed by atoms with E-state index in [2.05, 4.69) is 19.6 Å². The van der Waals surface area contributed by atoms with E-state index in [-0.39, 0.29) is 5.41 Å². The van der Waals surface area contributed by atoms with Crippen LogP contribution in [0.5, 0.6) is 0 Å². The second-order valence-corrected chi connectivity index (χ2v) is 7.90. The van der Waals surface area contributed by atoms with Crippen LogP contribution in [-0.4, -0.2) is 0 Å². The fourth-order valence-corrected chi connectivity index (χ4v) is 5.54. The van der Waals surface area contributed by atoms with Crippen LogP contribution in [0.1, 0.15) is 70.3 Å². The molecular formula is C22H30F2. The van der Waals surface area contributed by atoms with Gasteiger partial charge in [-0.3, -0.25) is 0 Å². The lowest BCUT2D eigenvalue weighted by atomic mass is 9.55. The molecule has 2 fully saturated rings. The minimum absolute atomic E-state index is 0.0263. The molecule has 0 N–H and O–H groups in total. The predicted octanol–water partition coefficient (Wildman–Crippen LogP) is 6.80. The van der Waals surface area contributed by atoms with Gasteiger partial charge in [0.25, 0.3) is 0 Å². The summed E-state index contributed by atoms with van der Waals surface area (Å²) in [7, 11) is 0. The van der Waals surface area contributed by atoms with Crippen LogP contribution in [0.4, 0.5) is 8.78 Å². The Balaban J connectivity index is 1.90. The molecule has 3 rings (SSSR count). The first-order chi connectivity index (χ1) is 11.6. The predicted molar refractivity (Wildman–Crippen MR) is 95.9 cm³/mol. The third kappa shape index (κ3) is 3.17. The first kappa shape index (κ1) is 17.6. The van der Waals surface area contributed by atoms with Crippen molar-refractivity contribution >= 4 is 0 Å². The van der Waals surface area contributed by atoms with Crippen LogP contribution in [0.3, 0.4) is 0 Å². The zero-order valence-corrected chi connectivity index (χ0v) is 14.9. The Labute approximate surface area is 145 Å². The molecule has 0 aromatic heterocycles. The van der Waals surface area contributed by atoms with Gasteiger partial charge in [0.2, 0.25) is 0 Å². The van der Waals surface area contributed by atoms with E-state index < -0.39 is 11.6 Å². The minimum Gasteiger partial charge on any atom is -0.204 e. The molecule has 0 radical (unpaired) electrons. The van der Waals surface area contributed by atoms with Crippen molar-refractivity contribution in [2.24, 2.45) is 17.8 Å². The van der Waals surface area contributed by atoms with Crippen LogP contribution in [-0.2, 0) is 5.41 Å². The molecule has 2 atom stereocenters. The zero-order valence-electron chi connectivity index (χ0n) is 14.9.